The van der Waals surface area contributed by atoms with Gasteiger partial charge in [0.15, 0.2) is 0 Å². The third-order valence-electron chi connectivity index (χ3n) is 4.04. The molecule has 10 heteroatoms. The zero-order valence-corrected chi connectivity index (χ0v) is 17.4. The molecule has 0 aliphatic heterocycles. The van der Waals surface area contributed by atoms with Gasteiger partial charge >= 0.3 is 0 Å². The van der Waals surface area contributed by atoms with Crippen LogP contribution in [-0.4, -0.2) is 16.1 Å². The lowest BCUT2D eigenvalue weighted by molar-refractivity contribution is -0.384. The second-order valence-corrected chi connectivity index (χ2v) is 7.77. The average molecular weight is 459 g/mol. The first kappa shape index (κ1) is 20.1. The molecule has 2 aromatic carbocycles. The first-order chi connectivity index (χ1) is 14.5. The number of rotatable bonds is 6. The number of hydrazone groups is 1. The van der Waals surface area contributed by atoms with E-state index in [2.05, 4.69) is 15.5 Å². The third kappa shape index (κ3) is 4.51. The van der Waals surface area contributed by atoms with Gasteiger partial charge in [-0.3, -0.25) is 15.5 Å². The quantitative estimate of drug-likeness (QED) is 0.196. The van der Waals surface area contributed by atoms with Gasteiger partial charge in [-0.15, -0.1) is 11.3 Å². The molecule has 0 aliphatic carbocycles. The van der Waals surface area contributed by atoms with Gasteiger partial charge in [-0.25, -0.2) is 4.98 Å². The minimum absolute atomic E-state index is 0.129. The zero-order chi connectivity index (χ0) is 21.1. The molecule has 0 aliphatic rings. The Hall–Kier alpha value is -3.20. The number of thiazole rings is 1. The summed E-state index contributed by atoms with van der Waals surface area (Å²) in [4.78, 5) is 15.2. The minimum Gasteiger partial charge on any atom is -0.455 e. The van der Waals surface area contributed by atoms with Crippen molar-refractivity contribution in [3.05, 3.63) is 85.9 Å². The molecule has 150 valence electrons. The van der Waals surface area contributed by atoms with Crippen LogP contribution < -0.4 is 5.43 Å². The molecule has 0 radical (unpaired) electrons. The maximum atomic E-state index is 11.3. The van der Waals surface area contributed by atoms with Crippen molar-refractivity contribution in [1.29, 1.82) is 0 Å². The Kier molecular flexibility index (Phi) is 5.80. The van der Waals surface area contributed by atoms with E-state index < -0.39 is 4.92 Å². The lowest BCUT2D eigenvalue weighted by Gasteiger charge is -2.00. The number of nitro benzene ring substituents is 1. The van der Waals surface area contributed by atoms with E-state index in [1.165, 1.54) is 23.6 Å². The van der Waals surface area contributed by atoms with Crippen LogP contribution in [0.1, 0.15) is 5.76 Å². The average Bonchev–Trinajstić information content (AvgIpc) is 3.38. The first-order valence-corrected chi connectivity index (χ1v) is 10.2. The topological polar surface area (TPSA) is 93.6 Å². The van der Waals surface area contributed by atoms with Gasteiger partial charge in [0.1, 0.15) is 11.5 Å². The number of hydrogen-bond donors (Lipinski definition) is 1. The highest BCUT2D eigenvalue weighted by Gasteiger charge is 2.18. The summed E-state index contributed by atoms with van der Waals surface area (Å²) < 4.78 is 5.66. The van der Waals surface area contributed by atoms with Gasteiger partial charge in [0.25, 0.3) is 5.69 Å². The molecule has 0 fully saturated rings. The molecular weight excluding hydrogens is 447 g/mol. The second-order valence-electron chi connectivity index (χ2n) is 6.04. The molecule has 7 nitrogen and oxygen atoms in total. The van der Waals surface area contributed by atoms with Crippen LogP contribution >= 0.6 is 34.5 Å². The Morgan fingerprint density at radius 2 is 1.87 bits per heavy atom. The Labute approximate surface area is 184 Å². The summed E-state index contributed by atoms with van der Waals surface area (Å²) in [5.74, 6) is 0.773. The molecule has 0 atom stereocenters. The summed E-state index contributed by atoms with van der Waals surface area (Å²) in [5.41, 5.74) is 4.82. The molecule has 0 spiro atoms. The van der Waals surface area contributed by atoms with E-state index in [4.69, 9.17) is 27.6 Å². The van der Waals surface area contributed by atoms with Crippen molar-refractivity contribution in [2.75, 3.05) is 5.43 Å². The van der Waals surface area contributed by atoms with Crippen molar-refractivity contribution >= 4 is 51.6 Å². The van der Waals surface area contributed by atoms with E-state index in [-0.39, 0.29) is 10.7 Å². The van der Waals surface area contributed by atoms with E-state index in [0.717, 1.165) is 11.3 Å². The van der Waals surface area contributed by atoms with Gasteiger partial charge in [-0.1, -0.05) is 35.3 Å². The molecule has 0 saturated heterocycles. The number of furan rings is 1. The fraction of sp³-hybridized carbons (Fsp3) is 0. The largest absolute Gasteiger partial charge is 0.455 e. The Morgan fingerprint density at radius 1 is 1.10 bits per heavy atom. The van der Waals surface area contributed by atoms with E-state index >= 15 is 0 Å². The zero-order valence-electron chi connectivity index (χ0n) is 15.1. The van der Waals surface area contributed by atoms with Gasteiger partial charge in [0.05, 0.1) is 22.4 Å². The van der Waals surface area contributed by atoms with Crippen molar-refractivity contribution in [3.63, 3.8) is 0 Å². The molecule has 0 saturated carbocycles. The van der Waals surface area contributed by atoms with E-state index in [1.807, 2.05) is 17.5 Å². The van der Waals surface area contributed by atoms with Crippen molar-refractivity contribution in [2.45, 2.75) is 0 Å². The van der Waals surface area contributed by atoms with Crippen molar-refractivity contribution in [3.8, 4) is 22.6 Å². The van der Waals surface area contributed by atoms with Crippen LogP contribution in [0.15, 0.2) is 69.5 Å². The second kappa shape index (κ2) is 8.66. The van der Waals surface area contributed by atoms with Crippen molar-refractivity contribution in [1.82, 2.24) is 4.98 Å². The Balaban J connectivity index is 1.46. The number of anilines is 1. The molecule has 0 unspecified atom stereocenters. The standard InChI is InChI=1S/C20H12Cl2N4O3S/c21-13-3-1-12(2-4-13)17-11-30-20(24-17)25-23-10-15-6-8-19(29-15)16-7-5-14(22)9-18(16)26(27)28/h1-11H,(H,24,25)/b23-10+. The molecule has 0 bridgehead atoms. The van der Waals surface area contributed by atoms with Crippen LogP contribution in [0.2, 0.25) is 10.0 Å². The van der Waals surface area contributed by atoms with E-state index in [0.29, 0.717) is 27.2 Å². The summed E-state index contributed by atoms with van der Waals surface area (Å²) in [6.45, 7) is 0. The highest BCUT2D eigenvalue weighted by atomic mass is 35.5. The maximum Gasteiger partial charge on any atom is 0.281 e. The molecular formula is C20H12Cl2N4O3S. The molecule has 2 heterocycles. The Morgan fingerprint density at radius 3 is 2.63 bits per heavy atom. The fourth-order valence-corrected chi connectivity index (χ4v) is 3.62. The van der Waals surface area contributed by atoms with Crippen molar-refractivity contribution < 1.29 is 9.34 Å². The van der Waals surface area contributed by atoms with Crippen LogP contribution in [0.5, 0.6) is 0 Å². The maximum absolute atomic E-state index is 11.3. The summed E-state index contributed by atoms with van der Waals surface area (Å²) in [6, 6.07) is 15.1. The van der Waals surface area contributed by atoms with Gasteiger partial charge in [0, 0.05) is 27.1 Å². The molecule has 4 aromatic rings. The summed E-state index contributed by atoms with van der Waals surface area (Å²) in [5, 5.41) is 18.8. The number of benzene rings is 2. The van der Waals surface area contributed by atoms with Gasteiger partial charge in [-0.05, 0) is 36.4 Å². The van der Waals surface area contributed by atoms with Crippen LogP contribution in [0.25, 0.3) is 22.6 Å². The highest BCUT2D eigenvalue weighted by molar-refractivity contribution is 7.14. The predicted molar refractivity (Wildman–Crippen MR) is 120 cm³/mol. The molecule has 2 aromatic heterocycles. The lowest BCUT2D eigenvalue weighted by atomic mass is 10.1. The third-order valence-corrected chi connectivity index (χ3v) is 5.28. The van der Waals surface area contributed by atoms with Crippen LogP contribution in [0, 0.1) is 10.1 Å². The Bertz CT molecular complexity index is 1240. The smallest absolute Gasteiger partial charge is 0.281 e. The summed E-state index contributed by atoms with van der Waals surface area (Å²) >= 11 is 13.2. The number of hydrogen-bond acceptors (Lipinski definition) is 7. The SMILES string of the molecule is O=[N+]([O-])c1cc(Cl)ccc1-c1ccc(/C=N/Nc2nc(-c3ccc(Cl)cc3)cs2)o1. The summed E-state index contributed by atoms with van der Waals surface area (Å²) in [6.07, 6.45) is 1.47. The van der Waals surface area contributed by atoms with Crippen LogP contribution in [-0.2, 0) is 0 Å². The molecule has 0 amide bonds. The predicted octanol–water partition coefficient (Wildman–Crippen LogP) is 6.73. The van der Waals surface area contributed by atoms with Crippen molar-refractivity contribution in [2.24, 2.45) is 5.10 Å². The van der Waals surface area contributed by atoms with Gasteiger partial charge in [0.2, 0.25) is 5.13 Å². The van der Waals surface area contributed by atoms with E-state index in [9.17, 15) is 10.1 Å². The highest BCUT2D eigenvalue weighted by Crippen LogP contribution is 2.33. The number of aromatic nitrogens is 1. The monoisotopic (exact) mass is 458 g/mol. The summed E-state index contributed by atoms with van der Waals surface area (Å²) in [7, 11) is 0. The number of nitro groups is 1. The van der Waals surface area contributed by atoms with E-state index in [1.54, 1.807) is 36.4 Å². The van der Waals surface area contributed by atoms with Gasteiger partial charge in [-0.2, -0.15) is 5.10 Å². The molecule has 30 heavy (non-hydrogen) atoms. The number of nitrogens with one attached hydrogen (secondary N) is 1. The molecule has 4 rings (SSSR count). The normalized spacial score (nSPS) is 11.1. The van der Waals surface area contributed by atoms with Gasteiger partial charge < -0.3 is 4.42 Å². The van der Waals surface area contributed by atoms with Crippen LogP contribution in [0.4, 0.5) is 10.8 Å². The molecule has 1 N–H and O–H groups in total. The number of nitrogens with zero attached hydrogens (tertiary/aromatic N) is 3. The lowest BCUT2D eigenvalue weighted by Crippen LogP contribution is -1.91. The first-order valence-electron chi connectivity index (χ1n) is 8.54. The van der Waals surface area contributed by atoms with Crippen LogP contribution in [0.3, 0.4) is 0 Å². The minimum atomic E-state index is -0.500. The fourth-order valence-electron chi connectivity index (χ4n) is 2.66. The number of halogens is 2.